The van der Waals surface area contributed by atoms with Gasteiger partial charge in [0.05, 0.1) is 5.54 Å². The first-order valence-corrected chi connectivity index (χ1v) is 6.35. The average molecular weight is 324 g/mol. The van der Waals surface area contributed by atoms with Crippen LogP contribution in [0.15, 0.2) is 12.1 Å². The predicted molar refractivity (Wildman–Crippen MR) is 73.7 cm³/mol. The van der Waals surface area contributed by atoms with Gasteiger partial charge in [-0.2, -0.15) is 0 Å². The highest BCUT2D eigenvalue weighted by Gasteiger charge is 2.48. The van der Waals surface area contributed by atoms with Crippen molar-refractivity contribution in [3.63, 3.8) is 0 Å². The summed E-state index contributed by atoms with van der Waals surface area (Å²) >= 11 is 0. The van der Waals surface area contributed by atoms with E-state index in [0.29, 0.717) is 18.6 Å². The zero-order valence-corrected chi connectivity index (χ0v) is 12.3. The summed E-state index contributed by atoms with van der Waals surface area (Å²) in [6.07, 6.45) is 0.553. The minimum absolute atomic E-state index is 0. The Kier molecular flexibility index (Phi) is 5.08. The van der Waals surface area contributed by atoms with Gasteiger partial charge in [-0.1, -0.05) is 0 Å². The zero-order chi connectivity index (χ0) is 15.1. The van der Waals surface area contributed by atoms with Gasteiger partial charge in [-0.25, -0.2) is 13.2 Å². The summed E-state index contributed by atoms with van der Waals surface area (Å²) in [7, 11) is 0. The summed E-state index contributed by atoms with van der Waals surface area (Å²) in [4.78, 5) is 12.2. The lowest BCUT2D eigenvalue weighted by Crippen LogP contribution is -2.61. The molecule has 7 heteroatoms. The van der Waals surface area contributed by atoms with Crippen molar-refractivity contribution in [2.24, 2.45) is 5.73 Å². The highest BCUT2D eigenvalue weighted by Crippen LogP contribution is 2.33. The fourth-order valence-corrected chi connectivity index (χ4v) is 2.74. The van der Waals surface area contributed by atoms with Crippen molar-refractivity contribution < 1.29 is 23.1 Å². The smallest absolute Gasteiger partial charge is 0.184 e. The van der Waals surface area contributed by atoms with E-state index in [-0.39, 0.29) is 25.2 Å². The third kappa shape index (κ3) is 3.39. The summed E-state index contributed by atoms with van der Waals surface area (Å²) in [5.74, 6) is -3.83. The topological polar surface area (TPSA) is 63.3 Å². The third-order valence-corrected chi connectivity index (χ3v) is 3.83. The largest absolute Gasteiger partial charge is 0.382 e. The molecule has 2 unspecified atom stereocenters. The lowest BCUT2D eigenvalue weighted by Gasteiger charge is -2.39. The molecule has 0 spiro atoms. The fourth-order valence-electron chi connectivity index (χ4n) is 2.74. The van der Waals surface area contributed by atoms with Crippen molar-refractivity contribution >= 4 is 18.2 Å². The molecule has 0 aromatic heterocycles. The summed E-state index contributed by atoms with van der Waals surface area (Å²) in [5, 5.41) is 9.96. The Hall–Kier alpha value is -1.11. The van der Waals surface area contributed by atoms with Crippen molar-refractivity contribution in [3.8, 4) is 0 Å². The minimum Gasteiger partial charge on any atom is -0.382 e. The van der Waals surface area contributed by atoms with E-state index in [4.69, 9.17) is 5.73 Å². The van der Waals surface area contributed by atoms with Crippen LogP contribution in [-0.2, 0) is 11.2 Å². The highest BCUT2D eigenvalue weighted by molar-refractivity contribution is 5.96. The Morgan fingerprint density at radius 3 is 2.29 bits per heavy atom. The number of aliphatic hydroxyl groups is 1. The minimum atomic E-state index is -1.60. The van der Waals surface area contributed by atoms with Crippen LogP contribution in [0.25, 0.3) is 0 Å². The van der Waals surface area contributed by atoms with Crippen LogP contribution in [-0.4, -0.2) is 22.0 Å². The molecule has 0 bridgehead atoms. The second-order valence-corrected chi connectivity index (χ2v) is 5.64. The first-order valence-electron chi connectivity index (χ1n) is 6.35. The van der Waals surface area contributed by atoms with E-state index < -0.39 is 46.4 Å². The Labute approximate surface area is 126 Å². The lowest BCUT2D eigenvalue weighted by molar-refractivity contribution is -0.146. The molecule has 1 aliphatic rings. The van der Waals surface area contributed by atoms with Crippen LogP contribution in [0.3, 0.4) is 0 Å². The summed E-state index contributed by atoms with van der Waals surface area (Å²) in [6.45, 7) is 1.34. The van der Waals surface area contributed by atoms with Gasteiger partial charge in [0.1, 0.15) is 23.1 Å². The van der Waals surface area contributed by atoms with Crippen LogP contribution < -0.4 is 5.73 Å². The number of benzene rings is 1. The number of carbonyl (C=O) groups excluding carboxylic acids is 1. The molecule has 1 aromatic rings. The molecule has 0 amide bonds. The molecule has 2 atom stereocenters. The third-order valence-electron chi connectivity index (χ3n) is 3.83. The van der Waals surface area contributed by atoms with Gasteiger partial charge in [-0.05, 0) is 26.2 Å². The molecule has 21 heavy (non-hydrogen) atoms. The molecule has 3 nitrogen and oxygen atoms in total. The van der Waals surface area contributed by atoms with Gasteiger partial charge in [-0.3, -0.25) is 4.79 Å². The standard InChI is InChI=1S/C14H16F3NO2.ClH/c1-13(20)3-2-4-14(18,12(13)19)7-9-10(16)5-8(15)6-11(9)17;/h5-6,20H,2-4,7,18H2,1H3;1H. The first kappa shape index (κ1) is 17.9. The van der Waals surface area contributed by atoms with E-state index in [1.165, 1.54) is 6.92 Å². The molecule has 2 rings (SSSR count). The van der Waals surface area contributed by atoms with Crippen molar-refractivity contribution in [3.05, 3.63) is 35.1 Å². The number of hydrogen-bond acceptors (Lipinski definition) is 3. The fraction of sp³-hybridized carbons (Fsp3) is 0.500. The Bertz CT molecular complexity index is 542. The molecule has 1 fully saturated rings. The van der Waals surface area contributed by atoms with E-state index in [2.05, 4.69) is 0 Å². The Balaban J connectivity index is 0.00000220. The molecular formula is C14H17ClF3NO2. The maximum atomic E-state index is 13.6. The van der Waals surface area contributed by atoms with Gasteiger partial charge in [0, 0.05) is 24.1 Å². The molecular weight excluding hydrogens is 307 g/mol. The highest BCUT2D eigenvalue weighted by atomic mass is 35.5. The predicted octanol–water partition coefficient (Wildman–Crippen LogP) is 2.27. The van der Waals surface area contributed by atoms with Gasteiger partial charge in [0.25, 0.3) is 0 Å². The van der Waals surface area contributed by atoms with Crippen molar-refractivity contribution in [1.82, 2.24) is 0 Å². The van der Waals surface area contributed by atoms with Crippen molar-refractivity contribution in [2.45, 2.75) is 43.7 Å². The van der Waals surface area contributed by atoms with E-state index in [1.807, 2.05) is 0 Å². The molecule has 0 aliphatic heterocycles. The van der Waals surface area contributed by atoms with E-state index >= 15 is 0 Å². The number of carbonyl (C=O) groups is 1. The quantitative estimate of drug-likeness (QED) is 0.877. The Morgan fingerprint density at radius 1 is 1.24 bits per heavy atom. The zero-order valence-electron chi connectivity index (χ0n) is 11.5. The van der Waals surface area contributed by atoms with E-state index in [1.54, 1.807) is 0 Å². The van der Waals surface area contributed by atoms with Gasteiger partial charge in [0.15, 0.2) is 5.78 Å². The van der Waals surface area contributed by atoms with Crippen LogP contribution >= 0.6 is 12.4 Å². The SMILES string of the molecule is CC1(O)CCCC(N)(Cc2c(F)cc(F)cc2F)C1=O.Cl. The molecule has 118 valence electrons. The van der Waals surface area contributed by atoms with E-state index in [9.17, 15) is 23.1 Å². The summed E-state index contributed by atoms with van der Waals surface area (Å²) in [6, 6.07) is 1.10. The number of hydrogen-bond donors (Lipinski definition) is 2. The second-order valence-electron chi connectivity index (χ2n) is 5.64. The van der Waals surface area contributed by atoms with Crippen LogP contribution in [0, 0.1) is 17.5 Å². The molecule has 1 aliphatic carbocycles. The number of Topliss-reactive ketones (excluding diaryl/α,β-unsaturated/α-hetero) is 1. The van der Waals surface area contributed by atoms with Crippen LogP contribution in [0.2, 0.25) is 0 Å². The molecule has 0 heterocycles. The summed E-state index contributed by atoms with van der Waals surface area (Å²) < 4.78 is 40.2. The van der Waals surface area contributed by atoms with Crippen molar-refractivity contribution in [2.75, 3.05) is 0 Å². The van der Waals surface area contributed by atoms with Crippen LogP contribution in [0.1, 0.15) is 31.7 Å². The van der Waals surface area contributed by atoms with Crippen molar-refractivity contribution in [1.29, 1.82) is 0 Å². The Morgan fingerprint density at radius 2 is 1.76 bits per heavy atom. The molecule has 0 radical (unpaired) electrons. The molecule has 1 aromatic carbocycles. The number of halogens is 4. The average Bonchev–Trinajstić information content (AvgIpc) is 2.31. The van der Waals surface area contributed by atoms with Gasteiger partial charge in [0.2, 0.25) is 0 Å². The van der Waals surface area contributed by atoms with Gasteiger partial charge < -0.3 is 10.8 Å². The molecule has 1 saturated carbocycles. The van der Waals surface area contributed by atoms with Gasteiger partial charge in [-0.15, -0.1) is 12.4 Å². The van der Waals surface area contributed by atoms with Crippen LogP contribution in [0.5, 0.6) is 0 Å². The molecule has 0 saturated heterocycles. The number of nitrogens with two attached hydrogens (primary N) is 1. The van der Waals surface area contributed by atoms with Crippen LogP contribution in [0.4, 0.5) is 13.2 Å². The first-order chi connectivity index (χ1) is 9.16. The number of ketones is 1. The summed E-state index contributed by atoms with van der Waals surface area (Å²) in [5.41, 5.74) is 2.38. The van der Waals surface area contributed by atoms with E-state index in [0.717, 1.165) is 0 Å². The lowest BCUT2D eigenvalue weighted by atomic mass is 9.70. The number of rotatable bonds is 2. The monoisotopic (exact) mass is 323 g/mol. The maximum absolute atomic E-state index is 13.6. The molecule has 3 N–H and O–H groups in total. The second kappa shape index (κ2) is 5.94. The van der Waals surface area contributed by atoms with Gasteiger partial charge >= 0.3 is 0 Å². The normalized spacial score (nSPS) is 29.1. The maximum Gasteiger partial charge on any atom is 0.184 e.